The highest BCUT2D eigenvalue weighted by molar-refractivity contribution is 6.33. The van der Waals surface area contributed by atoms with E-state index in [0.717, 1.165) is 12.8 Å². The topological polar surface area (TPSA) is 32.3 Å². The molecule has 0 amide bonds. The molecule has 1 aromatic carbocycles. The second-order valence-electron chi connectivity index (χ2n) is 5.20. The van der Waals surface area contributed by atoms with Gasteiger partial charge >= 0.3 is 0 Å². The van der Waals surface area contributed by atoms with Gasteiger partial charge in [-0.3, -0.25) is 0 Å². The Morgan fingerprint density at radius 1 is 1.33 bits per heavy atom. The van der Waals surface area contributed by atoms with Crippen LogP contribution in [0.25, 0.3) is 0 Å². The predicted molar refractivity (Wildman–Crippen MR) is 78.4 cm³/mol. The fourth-order valence-corrected chi connectivity index (χ4v) is 2.39. The van der Waals surface area contributed by atoms with Gasteiger partial charge in [-0.2, -0.15) is 0 Å². The summed E-state index contributed by atoms with van der Waals surface area (Å²) in [5.74, 6) is 0. The van der Waals surface area contributed by atoms with Gasteiger partial charge in [0.15, 0.2) is 0 Å². The summed E-state index contributed by atoms with van der Waals surface area (Å²) >= 11 is 12.0. The van der Waals surface area contributed by atoms with Crippen molar-refractivity contribution in [3.8, 4) is 0 Å². The first-order valence-corrected chi connectivity index (χ1v) is 6.99. The van der Waals surface area contributed by atoms with E-state index in [1.54, 1.807) is 18.2 Å². The maximum Gasteiger partial charge on any atom is 0.0929 e. The number of nitrogens with one attached hydrogen (secondary N) is 1. The highest BCUT2D eigenvalue weighted by atomic mass is 35.5. The molecular weight excluding hydrogens is 269 g/mol. The van der Waals surface area contributed by atoms with Crippen molar-refractivity contribution < 1.29 is 5.11 Å². The summed E-state index contributed by atoms with van der Waals surface area (Å²) < 4.78 is 0. The Morgan fingerprint density at radius 2 is 2.00 bits per heavy atom. The van der Waals surface area contributed by atoms with Crippen LogP contribution in [0.1, 0.15) is 45.3 Å². The van der Waals surface area contributed by atoms with Crippen molar-refractivity contribution in [2.75, 3.05) is 6.54 Å². The van der Waals surface area contributed by atoms with Gasteiger partial charge in [0.05, 0.1) is 6.10 Å². The molecule has 0 aromatic heterocycles. The van der Waals surface area contributed by atoms with Crippen LogP contribution in [0.15, 0.2) is 18.2 Å². The summed E-state index contributed by atoms with van der Waals surface area (Å²) in [7, 11) is 0. The molecule has 1 rings (SSSR count). The summed E-state index contributed by atoms with van der Waals surface area (Å²) in [6.45, 7) is 6.87. The van der Waals surface area contributed by atoms with Gasteiger partial charge in [-0.15, -0.1) is 0 Å². The minimum Gasteiger partial charge on any atom is -0.387 e. The van der Waals surface area contributed by atoms with E-state index in [9.17, 15) is 5.11 Å². The lowest BCUT2D eigenvalue weighted by atomic mass is 9.98. The number of hydrogen-bond acceptors (Lipinski definition) is 2. The summed E-state index contributed by atoms with van der Waals surface area (Å²) in [6.07, 6.45) is 1.52. The van der Waals surface area contributed by atoms with Gasteiger partial charge in [0.1, 0.15) is 0 Å². The van der Waals surface area contributed by atoms with E-state index >= 15 is 0 Å². The number of benzene rings is 1. The number of hydrogen-bond donors (Lipinski definition) is 2. The Labute approximate surface area is 119 Å². The Bertz CT molecular complexity index is 393. The molecule has 1 atom stereocenters. The fraction of sp³-hybridized carbons (Fsp3) is 0.571. The number of aliphatic hydroxyl groups excluding tert-OH is 1. The molecule has 0 fully saturated rings. The third-order valence-electron chi connectivity index (χ3n) is 2.97. The highest BCUT2D eigenvalue weighted by Crippen LogP contribution is 2.26. The van der Waals surface area contributed by atoms with Gasteiger partial charge in [0.2, 0.25) is 0 Å². The zero-order valence-corrected chi connectivity index (χ0v) is 12.6. The third-order valence-corrected chi connectivity index (χ3v) is 3.55. The molecule has 1 aromatic rings. The number of rotatable bonds is 6. The van der Waals surface area contributed by atoms with Crippen LogP contribution >= 0.6 is 23.2 Å². The fourth-order valence-electron chi connectivity index (χ4n) is 1.97. The van der Waals surface area contributed by atoms with Gasteiger partial charge in [0.25, 0.3) is 0 Å². The van der Waals surface area contributed by atoms with Crippen LogP contribution in [-0.4, -0.2) is 17.2 Å². The summed E-state index contributed by atoms with van der Waals surface area (Å²) in [5.41, 5.74) is 0.685. The van der Waals surface area contributed by atoms with Gasteiger partial charge in [-0.25, -0.2) is 0 Å². The molecule has 0 radical (unpaired) electrons. The molecule has 0 saturated carbocycles. The maximum atomic E-state index is 10.2. The largest absolute Gasteiger partial charge is 0.387 e. The molecule has 0 spiro atoms. The molecule has 0 aliphatic carbocycles. The van der Waals surface area contributed by atoms with Gasteiger partial charge in [0, 0.05) is 27.7 Å². The summed E-state index contributed by atoms with van der Waals surface area (Å²) in [6, 6.07) is 5.14. The van der Waals surface area contributed by atoms with Crippen molar-refractivity contribution in [1.82, 2.24) is 5.32 Å². The Kier molecular flexibility index (Phi) is 5.93. The van der Waals surface area contributed by atoms with Crippen LogP contribution in [0.2, 0.25) is 10.0 Å². The van der Waals surface area contributed by atoms with Gasteiger partial charge < -0.3 is 10.4 Å². The number of β-amino-alcohol motifs (C(OH)–C–C–N with tert-alkyl or cyclic N) is 1. The average molecular weight is 290 g/mol. The van der Waals surface area contributed by atoms with Crippen LogP contribution in [0.5, 0.6) is 0 Å². The standard InChI is InChI=1S/C14H21Cl2NO/c1-4-7-14(2,3)17-9-13(18)11-8-10(15)5-6-12(11)16/h5-6,8,13,17-18H,4,7,9H2,1-3H3. The van der Waals surface area contributed by atoms with E-state index in [1.165, 1.54) is 0 Å². The first-order valence-electron chi connectivity index (χ1n) is 6.24. The number of aliphatic hydroxyl groups is 1. The summed E-state index contributed by atoms with van der Waals surface area (Å²) in [5, 5.41) is 14.6. The average Bonchev–Trinajstić information content (AvgIpc) is 2.29. The second-order valence-corrected chi connectivity index (χ2v) is 6.04. The molecule has 1 unspecified atom stereocenters. The van der Waals surface area contributed by atoms with E-state index in [-0.39, 0.29) is 5.54 Å². The Morgan fingerprint density at radius 3 is 2.61 bits per heavy atom. The minimum absolute atomic E-state index is 0.0147. The molecule has 0 bridgehead atoms. The summed E-state index contributed by atoms with van der Waals surface area (Å²) in [4.78, 5) is 0. The van der Waals surface area contributed by atoms with E-state index in [1.807, 2.05) is 0 Å². The maximum absolute atomic E-state index is 10.2. The Hall–Kier alpha value is -0.280. The minimum atomic E-state index is -0.646. The van der Waals surface area contributed by atoms with E-state index in [2.05, 4.69) is 26.1 Å². The van der Waals surface area contributed by atoms with E-state index in [0.29, 0.717) is 22.2 Å². The van der Waals surface area contributed by atoms with Gasteiger partial charge in [-0.1, -0.05) is 36.5 Å². The number of halogens is 2. The second kappa shape index (κ2) is 6.76. The van der Waals surface area contributed by atoms with Crippen molar-refractivity contribution >= 4 is 23.2 Å². The zero-order chi connectivity index (χ0) is 13.8. The SMILES string of the molecule is CCCC(C)(C)NCC(O)c1cc(Cl)ccc1Cl. The first kappa shape index (κ1) is 15.8. The van der Waals surface area contributed by atoms with Crippen LogP contribution in [0.4, 0.5) is 0 Å². The van der Waals surface area contributed by atoms with Crippen LogP contribution < -0.4 is 5.32 Å². The molecule has 4 heteroatoms. The van der Waals surface area contributed by atoms with E-state index < -0.39 is 6.10 Å². The lowest BCUT2D eigenvalue weighted by Crippen LogP contribution is -2.41. The molecule has 18 heavy (non-hydrogen) atoms. The predicted octanol–water partition coefficient (Wildman–Crippen LogP) is 4.20. The third kappa shape index (κ3) is 4.77. The zero-order valence-electron chi connectivity index (χ0n) is 11.1. The lowest BCUT2D eigenvalue weighted by molar-refractivity contribution is 0.159. The molecule has 0 aliphatic heterocycles. The van der Waals surface area contributed by atoms with Crippen molar-refractivity contribution in [2.24, 2.45) is 0 Å². The van der Waals surface area contributed by atoms with Crippen molar-refractivity contribution in [1.29, 1.82) is 0 Å². The monoisotopic (exact) mass is 289 g/mol. The molecule has 0 heterocycles. The van der Waals surface area contributed by atoms with Crippen molar-refractivity contribution in [3.05, 3.63) is 33.8 Å². The van der Waals surface area contributed by atoms with Crippen molar-refractivity contribution in [3.63, 3.8) is 0 Å². The molecular formula is C14H21Cl2NO. The van der Waals surface area contributed by atoms with Crippen LogP contribution in [0.3, 0.4) is 0 Å². The van der Waals surface area contributed by atoms with Crippen LogP contribution in [-0.2, 0) is 0 Å². The van der Waals surface area contributed by atoms with Crippen LogP contribution in [0, 0.1) is 0 Å². The van der Waals surface area contributed by atoms with E-state index in [4.69, 9.17) is 23.2 Å². The molecule has 0 saturated heterocycles. The van der Waals surface area contributed by atoms with Crippen molar-refractivity contribution in [2.45, 2.75) is 45.3 Å². The molecule has 2 nitrogen and oxygen atoms in total. The molecule has 102 valence electrons. The lowest BCUT2D eigenvalue weighted by Gasteiger charge is -2.27. The first-order chi connectivity index (χ1) is 8.35. The molecule has 2 N–H and O–H groups in total. The molecule has 0 aliphatic rings. The quantitative estimate of drug-likeness (QED) is 0.823. The smallest absolute Gasteiger partial charge is 0.0929 e. The normalized spacial score (nSPS) is 13.7. The highest BCUT2D eigenvalue weighted by Gasteiger charge is 2.19. The Balaban J connectivity index is 2.65. The van der Waals surface area contributed by atoms with Gasteiger partial charge in [-0.05, 0) is 38.5 Å².